The number of nitriles is 2. The molecule has 5 nitrogen and oxygen atoms in total. The van der Waals surface area contributed by atoms with Gasteiger partial charge in [0, 0.05) is 4.88 Å². The molecule has 2 aromatic rings. The van der Waals surface area contributed by atoms with Gasteiger partial charge in [-0.25, -0.2) is 0 Å². The molecule has 1 aliphatic rings. The molecule has 1 heterocycles. The average Bonchev–Trinajstić information content (AvgIpc) is 2.98. The number of phenolic OH excluding ortho intramolecular Hbond substituents is 1. The molecule has 124 valence electrons. The van der Waals surface area contributed by atoms with Gasteiger partial charge in [-0.15, -0.1) is 11.3 Å². The van der Waals surface area contributed by atoms with Gasteiger partial charge < -0.3 is 10.4 Å². The first-order valence-corrected chi connectivity index (χ1v) is 8.71. The smallest absolute Gasteiger partial charge is 0.266 e. The van der Waals surface area contributed by atoms with Crippen LogP contribution in [-0.2, 0) is 17.6 Å². The van der Waals surface area contributed by atoms with Crippen LogP contribution in [0, 0.1) is 22.7 Å². The zero-order valence-corrected chi connectivity index (χ0v) is 14.2. The van der Waals surface area contributed by atoms with Crippen molar-refractivity contribution in [1.82, 2.24) is 0 Å². The van der Waals surface area contributed by atoms with Crippen molar-refractivity contribution in [3.05, 3.63) is 51.4 Å². The number of carbonyl (C=O) groups excluding carboxylic acids is 1. The van der Waals surface area contributed by atoms with Gasteiger partial charge >= 0.3 is 0 Å². The minimum Gasteiger partial charge on any atom is -0.508 e. The molecule has 6 heteroatoms. The lowest BCUT2D eigenvalue weighted by molar-refractivity contribution is -0.112. The monoisotopic (exact) mass is 349 g/mol. The summed E-state index contributed by atoms with van der Waals surface area (Å²) < 4.78 is 0. The quantitative estimate of drug-likeness (QED) is 0.651. The van der Waals surface area contributed by atoms with Crippen molar-refractivity contribution in [3.8, 4) is 17.9 Å². The summed E-state index contributed by atoms with van der Waals surface area (Å²) in [7, 11) is 0. The number of thiophene rings is 1. The standard InChI is InChI=1S/C19H15N3O2S/c20-10-13(9-12-5-7-14(23)8-6-12)18(24)22-19-16(11-21)15-3-1-2-4-17(15)25-19/h5-9,23H,1-4H2,(H,22,24)/b13-9+. The number of aromatic hydroxyl groups is 1. The normalized spacial score (nSPS) is 13.4. The minimum absolute atomic E-state index is 0.0547. The van der Waals surface area contributed by atoms with Gasteiger partial charge in [0.2, 0.25) is 0 Å². The largest absolute Gasteiger partial charge is 0.508 e. The maximum atomic E-state index is 12.4. The molecule has 1 aliphatic carbocycles. The van der Waals surface area contributed by atoms with Gasteiger partial charge in [-0.05, 0) is 55.0 Å². The van der Waals surface area contributed by atoms with Crippen LogP contribution in [-0.4, -0.2) is 11.0 Å². The molecule has 1 aromatic heterocycles. The minimum atomic E-state index is -0.536. The summed E-state index contributed by atoms with van der Waals surface area (Å²) in [6.45, 7) is 0. The Hall–Kier alpha value is -3.09. The molecule has 0 saturated heterocycles. The van der Waals surface area contributed by atoms with Crippen molar-refractivity contribution in [2.75, 3.05) is 5.32 Å². The Morgan fingerprint density at radius 3 is 2.60 bits per heavy atom. The van der Waals surface area contributed by atoms with Gasteiger partial charge in [0.1, 0.15) is 28.5 Å². The molecule has 25 heavy (non-hydrogen) atoms. The Morgan fingerprint density at radius 1 is 1.20 bits per heavy atom. The van der Waals surface area contributed by atoms with E-state index in [1.807, 2.05) is 6.07 Å². The first-order valence-electron chi connectivity index (χ1n) is 7.89. The Balaban J connectivity index is 1.86. The van der Waals surface area contributed by atoms with Gasteiger partial charge in [-0.3, -0.25) is 4.79 Å². The van der Waals surface area contributed by atoms with Crippen LogP contribution in [0.15, 0.2) is 29.8 Å². The molecule has 1 amide bonds. The van der Waals surface area contributed by atoms with Crippen molar-refractivity contribution in [2.45, 2.75) is 25.7 Å². The van der Waals surface area contributed by atoms with Crippen LogP contribution in [0.1, 0.15) is 34.4 Å². The molecule has 0 saturated carbocycles. The zero-order chi connectivity index (χ0) is 17.8. The van der Waals surface area contributed by atoms with Crippen molar-refractivity contribution in [3.63, 3.8) is 0 Å². The summed E-state index contributed by atoms with van der Waals surface area (Å²) in [5, 5.41) is 31.3. The SMILES string of the molecule is N#C/C(=C\c1ccc(O)cc1)C(=O)Nc1sc2c(c1C#N)CCCC2. The second-order valence-electron chi connectivity index (χ2n) is 5.74. The third-order valence-corrected chi connectivity index (χ3v) is 5.29. The molecule has 0 radical (unpaired) electrons. The number of amides is 1. The summed E-state index contributed by atoms with van der Waals surface area (Å²) in [6.07, 6.45) is 5.39. The second-order valence-corrected chi connectivity index (χ2v) is 6.85. The number of nitrogens with zero attached hydrogens (tertiary/aromatic N) is 2. The average molecular weight is 349 g/mol. The van der Waals surface area contributed by atoms with Crippen molar-refractivity contribution < 1.29 is 9.90 Å². The molecule has 0 unspecified atom stereocenters. The molecule has 0 atom stereocenters. The van der Waals surface area contributed by atoms with Crippen LogP contribution in [0.5, 0.6) is 5.75 Å². The van der Waals surface area contributed by atoms with Crippen LogP contribution in [0.25, 0.3) is 6.08 Å². The summed E-state index contributed by atoms with van der Waals surface area (Å²) in [4.78, 5) is 13.6. The molecule has 2 N–H and O–H groups in total. The number of hydrogen-bond acceptors (Lipinski definition) is 5. The van der Waals surface area contributed by atoms with E-state index in [9.17, 15) is 20.4 Å². The third-order valence-electron chi connectivity index (χ3n) is 4.08. The summed E-state index contributed by atoms with van der Waals surface area (Å²) in [6, 6.07) is 10.3. The van der Waals surface area contributed by atoms with Gasteiger partial charge in [0.25, 0.3) is 5.91 Å². The lowest BCUT2D eigenvalue weighted by atomic mass is 9.96. The van der Waals surface area contributed by atoms with Crippen LogP contribution in [0.3, 0.4) is 0 Å². The lowest BCUT2D eigenvalue weighted by Crippen LogP contribution is -2.13. The Bertz CT molecular complexity index is 927. The molecule has 3 rings (SSSR count). The van der Waals surface area contributed by atoms with Gasteiger partial charge in [-0.2, -0.15) is 10.5 Å². The molecular weight excluding hydrogens is 334 g/mol. The summed E-state index contributed by atoms with van der Waals surface area (Å²) in [5.74, 6) is -0.423. The molecule has 1 aromatic carbocycles. The number of anilines is 1. The van der Waals surface area contributed by atoms with Crippen molar-refractivity contribution >= 4 is 28.3 Å². The molecule has 0 bridgehead atoms. The maximum absolute atomic E-state index is 12.4. The van der Waals surface area contributed by atoms with Crippen LogP contribution in [0.2, 0.25) is 0 Å². The van der Waals surface area contributed by atoms with Crippen LogP contribution < -0.4 is 5.32 Å². The first kappa shape index (κ1) is 16.8. The lowest BCUT2D eigenvalue weighted by Gasteiger charge is -2.09. The number of rotatable bonds is 3. The number of phenols is 1. The van der Waals surface area contributed by atoms with E-state index in [1.54, 1.807) is 12.1 Å². The highest BCUT2D eigenvalue weighted by Gasteiger charge is 2.22. The number of hydrogen-bond donors (Lipinski definition) is 2. The summed E-state index contributed by atoms with van der Waals surface area (Å²) in [5.41, 5.74) is 2.14. The molecule has 0 aliphatic heterocycles. The predicted molar refractivity (Wildman–Crippen MR) is 96.0 cm³/mol. The Labute approximate surface area is 149 Å². The Kier molecular flexibility index (Phi) is 4.83. The first-order chi connectivity index (χ1) is 12.1. The van der Waals surface area contributed by atoms with E-state index in [1.165, 1.54) is 29.5 Å². The molecule has 0 fully saturated rings. The fourth-order valence-corrected chi connectivity index (χ4v) is 4.06. The molecular formula is C19H15N3O2S. The van der Waals surface area contributed by atoms with E-state index in [-0.39, 0.29) is 11.3 Å². The maximum Gasteiger partial charge on any atom is 0.266 e. The van der Waals surface area contributed by atoms with Gasteiger partial charge in [0.05, 0.1) is 5.56 Å². The van der Waals surface area contributed by atoms with Crippen molar-refractivity contribution in [2.24, 2.45) is 0 Å². The third kappa shape index (κ3) is 3.55. The topological polar surface area (TPSA) is 96.9 Å². The van der Waals surface area contributed by atoms with Crippen LogP contribution in [0.4, 0.5) is 5.00 Å². The van der Waals surface area contributed by atoms with E-state index in [4.69, 9.17) is 0 Å². The fraction of sp³-hybridized carbons (Fsp3) is 0.211. The van der Waals surface area contributed by atoms with E-state index in [0.717, 1.165) is 36.1 Å². The van der Waals surface area contributed by atoms with E-state index in [0.29, 0.717) is 16.1 Å². The van der Waals surface area contributed by atoms with Crippen molar-refractivity contribution in [1.29, 1.82) is 10.5 Å². The highest BCUT2D eigenvalue weighted by Crippen LogP contribution is 2.37. The highest BCUT2D eigenvalue weighted by atomic mass is 32.1. The second kappa shape index (κ2) is 7.21. The number of carbonyl (C=O) groups is 1. The number of benzene rings is 1. The van der Waals surface area contributed by atoms with Crippen LogP contribution >= 0.6 is 11.3 Å². The van der Waals surface area contributed by atoms with Gasteiger partial charge in [-0.1, -0.05) is 12.1 Å². The molecule has 0 spiro atoms. The Morgan fingerprint density at radius 2 is 1.92 bits per heavy atom. The number of nitrogens with one attached hydrogen (secondary N) is 1. The summed E-state index contributed by atoms with van der Waals surface area (Å²) >= 11 is 1.43. The predicted octanol–water partition coefficient (Wildman–Crippen LogP) is 3.75. The zero-order valence-electron chi connectivity index (χ0n) is 13.4. The highest BCUT2D eigenvalue weighted by molar-refractivity contribution is 7.16. The van der Waals surface area contributed by atoms with E-state index >= 15 is 0 Å². The van der Waals surface area contributed by atoms with E-state index < -0.39 is 5.91 Å². The van der Waals surface area contributed by atoms with Gasteiger partial charge in [0.15, 0.2) is 0 Å². The fourth-order valence-electron chi connectivity index (χ4n) is 2.83. The van der Waals surface area contributed by atoms with E-state index in [2.05, 4.69) is 11.4 Å². The number of aryl methyl sites for hydroxylation is 1. The number of fused-ring (bicyclic) bond motifs is 1.